The highest BCUT2D eigenvalue weighted by atomic mass is 35.5. The number of rotatable bonds is 5. The summed E-state index contributed by atoms with van der Waals surface area (Å²) in [4.78, 5) is 0.956. The second-order valence-corrected chi connectivity index (χ2v) is 13.1. The predicted molar refractivity (Wildman–Crippen MR) is 145 cm³/mol. The van der Waals surface area contributed by atoms with Crippen LogP contribution in [0.2, 0.25) is 0 Å². The average Bonchev–Trinajstić information content (AvgIpc) is 2.85. The van der Waals surface area contributed by atoms with E-state index in [-0.39, 0.29) is 15.7 Å². The fourth-order valence-electron chi connectivity index (χ4n) is 8.34. The molecule has 2 aromatic carbocycles. The molecule has 5 fully saturated rings. The molecule has 2 atom stereocenters. The van der Waals surface area contributed by atoms with Crippen molar-refractivity contribution in [1.29, 1.82) is 0 Å². The summed E-state index contributed by atoms with van der Waals surface area (Å²) < 4.78 is 0. The highest BCUT2D eigenvalue weighted by Crippen LogP contribution is 2.70. The Morgan fingerprint density at radius 1 is 0.882 bits per heavy atom. The molecular formula is C30H37ClN2S. The maximum Gasteiger partial charge on any atom is 0.0818 e. The lowest BCUT2D eigenvalue weighted by molar-refractivity contribution is -0.0676. The van der Waals surface area contributed by atoms with Gasteiger partial charge in [-0.05, 0) is 92.6 Å². The molecule has 2 nitrogen and oxygen atoms in total. The van der Waals surface area contributed by atoms with E-state index in [1.54, 1.807) is 0 Å². The summed E-state index contributed by atoms with van der Waals surface area (Å²) in [6.07, 6.45) is 11.3. The minimum atomic E-state index is -0.170. The Balaban J connectivity index is 1.32. The highest BCUT2D eigenvalue weighted by molar-refractivity contribution is 7.80. The number of hydrogen-bond acceptors (Lipinski definition) is 2. The Morgan fingerprint density at radius 2 is 1.47 bits per heavy atom. The van der Waals surface area contributed by atoms with E-state index >= 15 is 0 Å². The van der Waals surface area contributed by atoms with Gasteiger partial charge < -0.3 is 11.1 Å². The molecule has 0 aliphatic heterocycles. The number of thiocarbonyl (C=S) groups is 1. The molecule has 0 aromatic heterocycles. The van der Waals surface area contributed by atoms with E-state index in [4.69, 9.17) is 29.6 Å². The van der Waals surface area contributed by atoms with Crippen molar-refractivity contribution >= 4 is 28.8 Å². The number of nitrogens with one attached hydrogen (secondary N) is 1. The third-order valence-electron chi connectivity index (χ3n) is 9.88. The van der Waals surface area contributed by atoms with Crippen LogP contribution in [0.3, 0.4) is 0 Å². The van der Waals surface area contributed by atoms with Crippen LogP contribution in [0.25, 0.3) is 0 Å². The summed E-state index contributed by atoms with van der Waals surface area (Å²) >= 11 is 14.0. The van der Waals surface area contributed by atoms with Gasteiger partial charge in [0.2, 0.25) is 0 Å². The monoisotopic (exact) mass is 492 g/mol. The zero-order valence-electron chi connectivity index (χ0n) is 20.0. The number of benzene rings is 2. The molecule has 180 valence electrons. The molecule has 2 aromatic rings. The van der Waals surface area contributed by atoms with E-state index in [1.165, 1.54) is 30.4 Å². The van der Waals surface area contributed by atoms with Crippen LogP contribution in [-0.2, 0) is 11.8 Å². The summed E-state index contributed by atoms with van der Waals surface area (Å²) in [6, 6.07) is 23.0. The smallest absolute Gasteiger partial charge is 0.0818 e. The molecule has 5 aliphatic rings. The maximum atomic E-state index is 7.71. The Kier molecular flexibility index (Phi) is 5.82. The SMILES string of the molecule is NC1CCC(NC(=S)C23CC4CC(c5ccccc5)(CC(C2)C4(Cl)Cc2ccccc2)C3)CC1. The minimum absolute atomic E-state index is 0.0750. The number of hydrogen-bond donors (Lipinski definition) is 2. The molecule has 3 N–H and O–H groups in total. The van der Waals surface area contributed by atoms with Gasteiger partial charge in [-0.2, -0.15) is 0 Å². The molecule has 0 heterocycles. The van der Waals surface area contributed by atoms with E-state index in [1.807, 2.05) is 0 Å². The summed E-state index contributed by atoms with van der Waals surface area (Å²) in [5, 5.41) is 3.87. The fourth-order valence-corrected chi connectivity index (χ4v) is 9.21. The predicted octanol–water partition coefficient (Wildman–Crippen LogP) is 6.54. The first-order valence-electron chi connectivity index (χ1n) is 13.3. The minimum Gasteiger partial charge on any atom is -0.376 e. The topological polar surface area (TPSA) is 38.0 Å². The van der Waals surface area contributed by atoms with Crippen molar-refractivity contribution in [2.75, 3.05) is 0 Å². The molecule has 34 heavy (non-hydrogen) atoms. The first-order chi connectivity index (χ1) is 16.4. The van der Waals surface area contributed by atoms with Crippen molar-refractivity contribution in [2.24, 2.45) is 23.0 Å². The van der Waals surface area contributed by atoms with Crippen LogP contribution in [-0.4, -0.2) is 21.9 Å². The quantitative estimate of drug-likeness (QED) is 0.367. The second kappa shape index (κ2) is 8.61. The van der Waals surface area contributed by atoms with Gasteiger partial charge in [-0.1, -0.05) is 72.9 Å². The molecule has 0 spiro atoms. The zero-order chi connectivity index (χ0) is 23.4. The molecule has 4 heteroatoms. The van der Waals surface area contributed by atoms with Crippen molar-refractivity contribution in [1.82, 2.24) is 5.32 Å². The van der Waals surface area contributed by atoms with Crippen LogP contribution in [0.1, 0.15) is 68.9 Å². The Hall–Kier alpha value is -1.42. The normalized spacial score (nSPS) is 40.8. The lowest BCUT2D eigenvalue weighted by Crippen LogP contribution is -2.67. The van der Waals surface area contributed by atoms with Crippen molar-refractivity contribution in [3.05, 3.63) is 71.8 Å². The van der Waals surface area contributed by atoms with Gasteiger partial charge in [0, 0.05) is 17.5 Å². The van der Waals surface area contributed by atoms with E-state index in [0.717, 1.165) is 49.9 Å². The number of alkyl halides is 1. The summed E-state index contributed by atoms with van der Waals surface area (Å²) in [5.74, 6) is 0.964. The highest BCUT2D eigenvalue weighted by Gasteiger charge is 2.67. The third-order valence-corrected chi connectivity index (χ3v) is 11.2. The number of nitrogens with two attached hydrogens (primary N) is 1. The lowest BCUT2D eigenvalue weighted by Gasteiger charge is -2.68. The van der Waals surface area contributed by atoms with Gasteiger partial charge in [0.25, 0.3) is 0 Å². The Bertz CT molecular complexity index is 1010. The van der Waals surface area contributed by atoms with E-state index in [2.05, 4.69) is 66.0 Å². The zero-order valence-corrected chi connectivity index (χ0v) is 21.6. The van der Waals surface area contributed by atoms with Gasteiger partial charge in [0.05, 0.1) is 9.86 Å². The summed E-state index contributed by atoms with van der Waals surface area (Å²) in [5.41, 5.74) is 9.31. The van der Waals surface area contributed by atoms with Crippen LogP contribution in [0, 0.1) is 17.3 Å². The summed E-state index contributed by atoms with van der Waals surface area (Å²) in [6.45, 7) is 0. The largest absolute Gasteiger partial charge is 0.376 e. The van der Waals surface area contributed by atoms with Crippen LogP contribution in [0.4, 0.5) is 0 Å². The van der Waals surface area contributed by atoms with Gasteiger partial charge in [-0.25, -0.2) is 0 Å². The Morgan fingerprint density at radius 3 is 2.09 bits per heavy atom. The molecule has 0 saturated heterocycles. The third kappa shape index (κ3) is 3.83. The average molecular weight is 493 g/mol. The first-order valence-corrected chi connectivity index (χ1v) is 14.0. The number of halogens is 1. The van der Waals surface area contributed by atoms with Crippen molar-refractivity contribution < 1.29 is 0 Å². The van der Waals surface area contributed by atoms with Crippen molar-refractivity contribution in [3.63, 3.8) is 0 Å². The van der Waals surface area contributed by atoms with Crippen LogP contribution >= 0.6 is 23.8 Å². The second-order valence-electron chi connectivity index (χ2n) is 12.0. The molecule has 4 bridgehead atoms. The van der Waals surface area contributed by atoms with Crippen molar-refractivity contribution in [2.45, 2.75) is 86.6 Å². The lowest BCUT2D eigenvalue weighted by atomic mass is 9.39. The van der Waals surface area contributed by atoms with Gasteiger partial charge >= 0.3 is 0 Å². The molecule has 7 rings (SSSR count). The van der Waals surface area contributed by atoms with Crippen LogP contribution < -0.4 is 11.1 Å². The van der Waals surface area contributed by atoms with Crippen molar-refractivity contribution in [3.8, 4) is 0 Å². The molecule has 2 unspecified atom stereocenters. The van der Waals surface area contributed by atoms with Crippen LogP contribution in [0.5, 0.6) is 0 Å². The van der Waals surface area contributed by atoms with E-state index < -0.39 is 0 Å². The molecule has 5 saturated carbocycles. The molecule has 0 radical (unpaired) electrons. The van der Waals surface area contributed by atoms with E-state index in [0.29, 0.717) is 23.9 Å². The fraction of sp³-hybridized carbons (Fsp3) is 0.567. The molecular weight excluding hydrogens is 456 g/mol. The first kappa shape index (κ1) is 23.0. The van der Waals surface area contributed by atoms with Gasteiger partial charge in [-0.15, -0.1) is 11.6 Å². The van der Waals surface area contributed by atoms with Crippen LogP contribution in [0.15, 0.2) is 60.7 Å². The van der Waals surface area contributed by atoms with Gasteiger partial charge in [-0.3, -0.25) is 0 Å². The molecule has 0 amide bonds. The summed E-state index contributed by atoms with van der Waals surface area (Å²) in [7, 11) is 0. The standard InChI is InChI=1S/C30H37ClN2S/c31-30(15-21-7-3-1-4-8-21)23-16-28(22-9-5-2-6-10-22)17-24(30)19-29(18-23,20-28)27(34)33-26-13-11-25(32)12-14-26/h1-10,23-26H,11-20,32H2,(H,33,34). The Labute approximate surface area is 215 Å². The maximum absolute atomic E-state index is 7.71. The van der Waals surface area contributed by atoms with Gasteiger partial charge in [0.1, 0.15) is 0 Å². The van der Waals surface area contributed by atoms with E-state index in [9.17, 15) is 0 Å². The van der Waals surface area contributed by atoms with Gasteiger partial charge in [0.15, 0.2) is 0 Å². The molecule has 5 aliphatic carbocycles.